The molecule has 6 nitrogen and oxygen atoms in total. The number of aromatic nitrogens is 3. The molecule has 1 aliphatic rings. The lowest BCUT2D eigenvalue weighted by molar-refractivity contribution is 0.0688. The molecule has 0 atom stereocenters. The van der Waals surface area contributed by atoms with Crippen LogP contribution in [0.5, 0.6) is 0 Å². The summed E-state index contributed by atoms with van der Waals surface area (Å²) < 4.78 is 0. The van der Waals surface area contributed by atoms with Gasteiger partial charge in [0.15, 0.2) is 11.5 Å². The minimum Gasteiger partial charge on any atom is -0.476 e. The lowest BCUT2D eigenvalue weighted by atomic mass is 10.0. The minimum atomic E-state index is -1.02. The maximum absolute atomic E-state index is 11.3. The summed E-state index contributed by atoms with van der Waals surface area (Å²) in [5.41, 5.74) is 2.37. The molecule has 6 heteroatoms. The fraction of sp³-hybridized carbons (Fsp3) is 0.231. The molecule has 0 fully saturated rings. The van der Waals surface area contributed by atoms with Gasteiger partial charge in [0.1, 0.15) is 0 Å². The highest BCUT2D eigenvalue weighted by Gasteiger charge is 2.21. The van der Waals surface area contributed by atoms with Crippen LogP contribution in [0, 0.1) is 0 Å². The summed E-state index contributed by atoms with van der Waals surface area (Å²) >= 11 is 0. The van der Waals surface area contributed by atoms with Crippen molar-refractivity contribution in [3.8, 4) is 11.4 Å². The lowest BCUT2D eigenvalue weighted by Crippen LogP contribution is -2.28. The summed E-state index contributed by atoms with van der Waals surface area (Å²) in [4.78, 5) is 23.9. The molecule has 19 heavy (non-hydrogen) atoms. The Labute approximate surface area is 109 Å². The number of carbonyl (C=O) groups is 1. The zero-order valence-corrected chi connectivity index (χ0v) is 10.1. The van der Waals surface area contributed by atoms with Crippen molar-refractivity contribution in [2.45, 2.75) is 13.0 Å². The molecule has 3 rings (SSSR count). The molecule has 0 saturated heterocycles. The molecule has 0 spiro atoms. The number of fused-ring (bicyclic) bond motifs is 1. The molecule has 1 aliphatic heterocycles. The molecule has 0 unspecified atom stereocenters. The van der Waals surface area contributed by atoms with Gasteiger partial charge < -0.3 is 10.4 Å². The van der Waals surface area contributed by atoms with Gasteiger partial charge in [-0.2, -0.15) is 0 Å². The number of pyridine rings is 1. The Morgan fingerprint density at radius 3 is 2.79 bits per heavy atom. The van der Waals surface area contributed by atoms with Crippen molar-refractivity contribution in [1.29, 1.82) is 0 Å². The van der Waals surface area contributed by atoms with Gasteiger partial charge in [-0.3, -0.25) is 4.98 Å². The predicted octanol–water partition coefficient (Wildman–Crippen LogP) is 0.882. The molecule has 0 saturated carbocycles. The van der Waals surface area contributed by atoms with Crippen LogP contribution < -0.4 is 5.32 Å². The van der Waals surface area contributed by atoms with Crippen molar-refractivity contribution in [1.82, 2.24) is 20.3 Å². The molecule has 2 aromatic heterocycles. The Hall–Kier alpha value is -2.34. The zero-order valence-electron chi connectivity index (χ0n) is 10.1. The average Bonchev–Trinajstić information content (AvgIpc) is 2.47. The van der Waals surface area contributed by atoms with Crippen LogP contribution >= 0.6 is 0 Å². The first-order chi connectivity index (χ1) is 9.25. The fourth-order valence-electron chi connectivity index (χ4n) is 2.15. The Bertz CT molecular complexity index is 628. The largest absolute Gasteiger partial charge is 0.476 e. The van der Waals surface area contributed by atoms with Gasteiger partial charge in [-0.25, -0.2) is 14.8 Å². The zero-order chi connectivity index (χ0) is 13.2. The third-order valence-electron chi connectivity index (χ3n) is 3.07. The van der Waals surface area contributed by atoms with Crippen LogP contribution in [0.2, 0.25) is 0 Å². The van der Waals surface area contributed by atoms with E-state index in [9.17, 15) is 9.90 Å². The average molecular weight is 256 g/mol. The predicted molar refractivity (Wildman–Crippen MR) is 67.6 cm³/mol. The quantitative estimate of drug-likeness (QED) is 0.829. The van der Waals surface area contributed by atoms with Gasteiger partial charge in [0.2, 0.25) is 0 Å². The summed E-state index contributed by atoms with van der Waals surface area (Å²) in [6, 6.07) is 3.54. The second-order valence-electron chi connectivity index (χ2n) is 4.29. The van der Waals surface area contributed by atoms with E-state index in [0.717, 1.165) is 24.2 Å². The topological polar surface area (TPSA) is 88.0 Å². The van der Waals surface area contributed by atoms with Gasteiger partial charge in [-0.05, 0) is 12.1 Å². The van der Waals surface area contributed by atoms with Crippen LogP contribution in [0.3, 0.4) is 0 Å². The number of carboxylic acids is 1. The van der Waals surface area contributed by atoms with Crippen molar-refractivity contribution in [2.24, 2.45) is 0 Å². The number of rotatable bonds is 2. The van der Waals surface area contributed by atoms with Crippen LogP contribution in [-0.2, 0) is 13.0 Å². The van der Waals surface area contributed by atoms with Crippen LogP contribution in [0.1, 0.15) is 21.7 Å². The van der Waals surface area contributed by atoms with Crippen molar-refractivity contribution in [3.05, 3.63) is 41.5 Å². The van der Waals surface area contributed by atoms with E-state index in [1.807, 2.05) is 0 Å². The maximum Gasteiger partial charge on any atom is 0.354 e. The normalized spacial score (nSPS) is 13.9. The van der Waals surface area contributed by atoms with E-state index in [4.69, 9.17) is 0 Å². The SMILES string of the molecule is O=C(O)c1nc(-c2ccncc2)nc2c1CNCC2. The van der Waals surface area contributed by atoms with Crippen molar-refractivity contribution in [2.75, 3.05) is 6.54 Å². The number of carboxylic acid groups (broad SMARTS) is 1. The van der Waals surface area contributed by atoms with Gasteiger partial charge in [0.05, 0.1) is 5.69 Å². The first-order valence-electron chi connectivity index (χ1n) is 6.00. The second kappa shape index (κ2) is 4.74. The van der Waals surface area contributed by atoms with Gasteiger partial charge in [0, 0.05) is 43.0 Å². The van der Waals surface area contributed by atoms with Crippen molar-refractivity contribution < 1.29 is 9.90 Å². The van der Waals surface area contributed by atoms with E-state index in [-0.39, 0.29) is 5.69 Å². The van der Waals surface area contributed by atoms with Crippen LogP contribution in [0.25, 0.3) is 11.4 Å². The highest BCUT2D eigenvalue weighted by molar-refractivity contribution is 5.88. The molecule has 0 bridgehead atoms. The molecule has 3 heterocycles. The van der Waals surface area contributed by atoms with Gasteiger partial charge in [0.25, 0.3) is 0 Å². The summed E-state index contributed by atoms with van der Waals surface area (Å²) in [6.45, 7) is 1.31. The molecule has 2 aromatic rings. The Kier molecular flexibility index (Phi) is 2.92. The summed E-state index contributed by atoms with van der Waals surface area (Å²) in [7, 11) is 0. The molecule has 96 valence electrons. The van der Waals surface area contributed by atoms with Gasteiger partial charge >= 0.3 is 5.97 Å². The van der Waals surface area contributed by atoms with E-state index >= 15 is 0 Å². The van der Waals surface area contributed by atoms with Crippen molar-refractivity contribution >= 4 is 5.97 Å². The number of aromatic carboxylic acids is 1. The Balaban J connectivity index is 2.17. The first-order valence-corrected chi connectivity index (χ1v) is 6.00. The number of hydrogen-bond acceptors (Lipinski definition) is 5. The maximum atomic E-state index is 11.3. The van der Waals surface area contributed by atoms with Gasteiger partial charge in [-0.1, -0.05) is 0 Å². The Morgan fingerprint density at radius 1 is 1.26 bits per heavy atom. The molecule has 0 radical (unpaired) electrons. The van der Waals surface area contributed by atoms with E-state index in [0.29, 0.717) is 17.9 Å². The standard InChI is InChI=1S/C13H12N4O2/c18-13(19)11-9-7-15-6-3-10(9)16-12(17-11)8-1-4-14-5-2-8/h1-2,4-5,15H,3,6-7H2,(H,18,19). The van der Waals surface area contributed by atoms with E-state index in [2.05, 4.69) is 20.3 Å². The Morgan fingerprint density at radius 2 is 2.05 bits per heavy atom. The third-order valence-corrected chi connectivity index (χ3v) is 3.07. The monoisotopic (exact) mass is 256 g/mol. The third kappa shape index (κ3) is 2.17. The van der Waals surface area contributed by atoms with E-state index < -0.39 is 5.97 Å². The number of nitrogens with one attached hydrogen (secondary N) is 1. The second-order valence-corrected chi connectivity index (χ2v) is 4.29. The van der Waals surface area contributed by atoms with Crippen LogP contribution in [-0.4, -0.2) is 32.6 Å². The van der Waals surface area contributed by atoms with Crippen molar-refractivity contribution in [3.63, 3.8) is 0 Å². The molecule has 0 aromatic carbocycles. The highest BCUT2D eigenvalue weighted by atomic mass is 16.4. The molecule has 0 amide bonds. The van der Waals surface area contributed by atoms with Crippen LogP contribution in [0.4, 0.5) is 0 Å². The van der Waals surface area contributed by atoms with Gasteiger partial charge in [-0.15, -0.1) is 0 Å². The summed E-state index contributed by atoms with van der Waals surface area (Å²) in [6.07, 6.45) is 4.00. The molecular formula is C13H12N4O2. The fourth-order valence-corrected chi connectivity index (χ4v) is 2.15. The number of hydrogen-bond donors (Lipinski definition) is 2. The van der Waals surface area contributed by atoms with E-state index in [1.165, 1.54) is 0 Å². The smallest absolute Gasteiger partial charge is 0.354 e. The molecular weight excluding hydrogens is 244 g/mol. The first kappa shape index (κ1) is 11.7. The lowest BCUT2D eigenvalue weighted by Gasteiger charge is -2.18. The van der Waals surface area contributed by atoms with E-state index in [1.54, 1.807) is 24.5 Å². The van der Waals surface area contributed by atoms with Crippen LogP contribution in [0.15, 0.2) is 24.5 Å². The minimum absolute atomic E-state index is 0.0870. The highest BCUT2D eigenvalue weighted by Crippen LogP contribution is 2.21. The molecule has 0 aliphatic carbocycles. The molecule has 2 N–H and O–H groups in total. The number of nitrogens with zero attached hydrogens (tertiary/aromatic N) is 3. The summed E-state index contributed by atoms with van der Waals surface area (Å²) in [5.74, 6) is -0.571. The summed E-state index contributed by atoms with van der Waals surface area (Å²) in [5, 5.41) is 12.4.